The molecule has 13 heavy (non-hydrogen) atoms. The number of nitrogens with zero attached hydrogens (tertiary/aromatic N) is 2. The van der Waals surface area contributed by atoms with Gasteiger partial charge in [0.15, 0.2) is 0 Å². The summed E-state index contributed by atoms with van der Waals surface area (Å²) in [7, 11) is 1.65. The third kappa shape index (κ3) is 2.73. The van der Waals surface area contributed by atoms with Gasteiger partial charge in [-0.3, -0.25) is 4.98 Å². The van der Waals surface area contributed by atoms with Crippen LogP contribution in [0.25, 0.3) is 0 Å². The van der Waals surface area contributed by atoms with Crippen molar-refractivity contribution >= 4 is 5.95 Å². The molecule has 0 atom stereocenters. The predicted molar refractivity (Wildman–Crippen MR) is 48.0 cm³/mol. The molecular weight excluding hydrogens is 172 g/mol. The quantitative estimate of drug-likeness (QED) is 0.688. The van der Waals surface area contributed by atoms with Gasteiger partial charge >= 0.3 is 11.7 Å². The van der Waals surface area contributed by atoms with Crippen LogP contribution in [-0.2, 0) is 0 Å². The molecule has 0 aliphatic carbocycles. The van der Waals surface area contributed by atoms with E-state index in [-0.39, 0.29) is 6.01 Å². The molecule has 6 nitrogen and oxygen atoms in total. The molecule has 1 aromatic heterocycles. The molecule has 0 unspecified atom stereocenters. The lowest BCUT2D eigenvalue weighted by molar-refractivity contribution is 0.290. The number of anilines is 1. The van der Waals surface area contributed by atoms with Gasteiger partial charge in [0.1, 0.15) is 0 Å². The normalized spacial score (nSPS) is 9.69. The van der Waals surface area contributed by atoms with E-state index in [4.69, 9.17) is 4.74 Å². The fourth-order valence-corrected chi connectivity index (χ4v) is 0.741. The van der Waals surface area contributed by atoms with Crippen LogP contribution in [0.5, 0.6) is 6.01 Å². The van der Waals surface area contributed by atoms with Crippen molar-refractivity contribution in [2.24, 2.45) is 0 Å². The van der Waals surface area contributed by atoms with Crippen LogP contribution in [0.1, 0.15) is 13.3 Å². The average Bonchev–Trinajstić information content (AvgIpc) is 2.14. The Balaban J connectivity index is 2.82. The van der Waals surface area contributed by atoms with Gasteiger partial charge in [0.05, 0.1) is 6.61 Å². The third-order valence-corrected chi connectivity index (χ3v) is 1.30. The highest BCUT2D eigenvalue weighted by Crippen LogP contribution is 2.00. The average molecular weight is 184 g/mol. The summed E-state index contributed by atoms with van der Waals surface area (Å²) in [5.41, 5.74) is -0.467. The number of hydrogen-bond donors (Lipinski definition) is 2. The van der Waals surface area contributed by atoms with E-state index in [2.05, 4.69) is 20.3 Å². The van der Waals surface area contributed by atoms with Crippen LogP contribution in [0.4, 0.5) is 5.95 Å². The van der Waals surface area contributed by atoms with Crippen LogP contribution < -0.4 is 15.7 Å². The lowest BCUT2D eigenvalue weighted by atomic mass is 10.5. The Bertz CT molecular complexity index is 323. The zero-order valence-corrected chi connectivity index (χ0v) is 7.63. The third-order valence-electron chi connectivity index (χ3n) is 1.30. The van der Waals surface area contributed by atoms with Crippen LogP contribution in [0.2, 0.25) is 0 Å². The lowest BCUT2D eigenvalue weighted by Crippen LogP contribution is -2.16. The molecule has 1 heterocycles. The summed E-state index contributed by atoms with van der Waals surface area (Å²) in [6.07, 6.45) is 0.852. The topological polar surface area (TPSA) is 79.9 Å². The van der Waals surface area contributed by atoms with Crippen LogP contribution in [0.15, 0.2) is 4.79 Å². The molecule has 0 radical (unpaired) electrons. The number of hydrogen-bond acceptors (Lipinski definition) is 5. The molecule has 0 saturated carbocycles. The lowest BCUT2D eigenvalue weighted by Gasteiger charge is -2.02. The van der Waals surface area contributed by atoms with Crippen molar-refractivity contribution < 1.29 is 4.74 Å². The molecule has 0 bridgehead atoms. The molecule has 6 heteroatoms. The number of rotatable bonds is 4. The maximum absolute atomic E-state index is 10.9. The van der Waals surface area contributed by atoms with Gasteiger partial charge in [0.2, 0.25) is 5.95 Å². The van der Waals surface area contributed by atoms with Crippen molar-refractivity contribution in [1.82, 2.24) is 15.0 Å². The Hall–Kier alpha value is -1.59. The number of ether oxygens (including phenoxy) is 1. The van der Waals surface area contributed by atoms with Crippen molar-refractivity contribution in [1.29, 1.82) is 0 Å². The summed E-state index contributed by atoms with van der Waals surface area (Å²) in [4.78, 5) is 20.7. The van der Waals surface area contributed by atoms with Gasteiger partial charge < -0.3 is 10.1 Å². The van der Waals surface area contributed by atoms with E-state index in [1.54, 1.807) is 7.05 Å². The Morgan fingerprint density at radius 1 is 1.54 bits per heavy atom. The minimum atomic E-state index is -0.467. The minimum absolute atomic E-state index is 0.106. The fourth-order valence-electron chi connectivity index (χ4n) is 0.741. The van der Waals surface area contributed by atoms with Crippen molar-refractivity contribution in [3.8, 4) is 6.01 Å². The van der Waals surface area contributed by atoms with Crippen LogP contribution in [0, 0.1) is 0 Å². The van der Waals surface area contributed by atoms with Crippen molar-refractivity contribution in [3.05, 3.63) is 10.5 Å². The van der Waals surface area contributed by atoms with Crippen molar-refractivity contribution in [3.63, 3.8) is 0 Å². The van der Waals surface area contributed by atoms with Gasteiger partial charge in [0, 0.05) is 7.05 Å². The zero-order valence-electron chi connectivity index (χ0n) is 7.63. The van der Waals surface area contributed by atoms with Crippen molar-refractivity contribution in [2.45, 2.75) is 13.3 Å². The summed E-state index contributed by atoms with van der Waals surface area (Å²) in [6, 6.07) is 0.106. The summed E-state index contributed by atoms with van der Waals surface area (Å²) in [5.74, 6) is 0.353. The maximum Gasteiger partial charge on any atom is 0.352 e. The summed E-state index contributed by atoms with van der Waals surface area (Å²) in [6.45, 7) is 2.47. The highest BCUT2D eigenvalue weighted by Gasteiger charge is 2.00. The second-order valence-electron chi connectivity index (χ2n) is 2.38. The van der Waals surface area contributed by atoms with E-state index in [1.807, 2.05) is 6.92 Å². The Morgan fingerprint density at radius 3 is 2.92 bits per heavy atom. The Labute approximate surface area is 75.4 Å². The van der Waals surface area contributed by atoms with Gasteiger partial charge in [-0.05, 0) is 6.42 Å². The second-order valence-corrected chi connectivity index (χ2v) is 2.38. The fraction of sp³-hybridized carbons (Fsp3) is 0.571. The van der Waals surface area contributed by atoms with Gasteiger partial charge in [-0.25, -0.2) is 4.79 Å². The monoisotopic (exact) mass is 184 g/mol. The van der Waals surface area contributed by atoms with E-state index >= 15 is 0 Å². The smallest absolute Gasteiger partial charge is 0.352 e. The van der Waals surface area contributed by atoms with Gasteiger partial charge in [-0.1, -0.05) is 6.92 Å². The van der Waals surface area contributed by atoms with Crippen LogP contribution in [0.3, 0.4) is 0 Å². The molecule has 0 saturated heterocycles. The van der Waals surface area contributed by atoms with E-state index < -0.39 is 5.69 Å². The molecular formula is C7H12N4O2. The van der Waals surface area contributed by atoms with Gasteiger partial charge in [-0.15, -0.1) is 4.98 Å². The Kier molecular flexibility index (Phi) is 3.24. The number of aromatic amines is 1. The summed E-state index contributed by atoms with van der Waals surface area (Å²) >= 11 is 0. The molecule has 0 aliphatic heterocycles. The molecule has 2 N–H and O–H groups in total. The summed E-state index contributed by atoms with van der Waals surface area (Å²) in [5, 5.41) is 2.70. The number of aromatic nitrogens is 3. The first kappa shape index (κ1) is 9.50. The maximum atomic E-state index is 10.9. The minimum Gasteiger partial charge on any atom is -0.463 e. The first-order valence-electron chi connectivity index (χ1n) is 4.05. The molecule has 1 aromatic rings. The highest BCUT2D eigenvalue weighted by atomic mass is 16.5. The first-order chi connectivity index (χ1) is 6.26. The van der Waals surface area contributed by atoms with E-state index in [0.717, 1.165) is 6.42 Å². The second kappa shape index (κ2) is 4.44. The molecule has 0 aromatic carbocycles. The van der Waals surface area contributed by atoms with E-state index in [9.17, 15) is 4.79 Å². The summed E-state index contributed by atoms with van der Waals surface area (Å²) < 4.78 is 5.10. The largest absolute Gasteiger partial charge is 0.463 e. The molecule has 0 spiro atoms. The molecule has 0 amide bonds. The Morgan fingerprint density at radius 2 is 2.31 bits per heavy atom. The first-order valence-corrected chi connectivity index (χ1v) is 4.05. The molecule has 72 valence electrons. The van der Waals surface area contributed by atoms with E-state index in [1.165, 1.54) is 0 Å². The number of H-pyrrole nitrogens is 1. The predicted octanol–water partition coefficient (Wildman–Crippen LogP) is -0.00460. The standard InChI is InChI=1S/C7H12N4O2/c1-3-4-13-7-10-5(8-2)9-6(12)11-7/h3-4H2,1-2H3,(H2,8,9,10,11,12). The molecule has 0 aliphatic rings. The van der Waals surface area contributed by atoms with Crippen molar-refractivity contribution in [2.75, 3.05) is 19.0 Å². The van der Waals surface area contributed by atoms with Gasteiger partial charge in [0.25, 0.3) is 0 Å². The highest BCUT2D eigenvalue weighted by molar-refractivity contribution is 5.21. The molecule has 1 rings (SSSR count). The number of nitrogens with one attached hydrogen (secondary N) is 2. The van der Waals surface area contributed by atoms with Crippen LogP contribution >= 0.6 is 0 Å². The van der Waals surface area contributed by atoms with E-state index in [0.29, 0.717) is 12.6 Å². The van der Waals surface area contributed by atoms with Crippen LogP contribution in [-0.4, -0.2) is 28.6 Å². The van der Waals surface area contributed by atoms with Gasteiger partial charge in [-0.2, -0.15) is 4.98 Å². The SMILES string of the molecule is CCCOc1nc(NC)[nH]c(=O)n1. The molecule has 0 fully saturated rings. The zero-order chi connectivity index (χ0) is 9.68.